The minimum absolute atomic E-state index is 0.0256. The van der Waals surface area contributed by atoms with Gasteiger partial charge in [0.2, 0.25) is 5.91 Å². The third-order valence-electron chi connectivity index (χ3n) is 4.56. The highest BCUT2D eigenvalue weighted by Gasteiger charge is 2.07. The van der Waals surface area contributed by atoms with Crippen molar-refractivity contribution in [3.05, 3.63) is 83.8 Å². The number of aromatic nitrogens is 3. The van der Waals surface area contributed by atoms with Gasteiger partial charge in [0, 0.05) is 34.3 Å². The number of H-pyrrole nitrogens is 1. The number of nitrogens with zero attached hydrogens (tertiary/aromatic N) is 2. The molecule has 0 spiro atoms. The van der Waals surface area contributed by atoms with Crippen molar-refractivity contribution >= 4 is 46.4 Å². The molecule has 0 aliphatic heterocycles. The van der Waals surface area contributed by atoms with E-state index in [1.54, 1.807) is 18.0 Å². The molecule has 0 fully saturated rings. The van der Waals surface area contributed by atoms with Crippen molar-refractivity contribution in [2.24, 2.45) is 0 Å². The maximum atomic E-state index is 12.2. The number of hydrogen-bond donors (Lipinski definition) is 2. The number of thioether (sulfide) groups is 1. The number of fused-ring (bicyclic) bond motifs is 1. The normalized spacial score (nSPS) is 11.2. The molecule has 5 nitrogen and oxygen atoms in total. The molecular formula is C24H22N4OS. The van der Waals surface area contributed by atoms with E-state index in [1.165, 1.54) is 0 Å². The predicted molar refractivity (Wildman–Crippen MR) is 124 cm³/mol. The number of benzene rings is 2. The lowest BCUT2D eigenvalue weighted by atomic mass is 10.2. The number of anilines is 1. The van der Waals surface area contributed by atoms with Gasteiger partial charge in [-0.15, -0.1) is 11.8 Å². The zero-order chi connectivity index (χ0) is 20.8. The third kappa shape index (κ3) is 5.15. The lowest BCUT2D eigenvalue weighted by Crippen LogP contribution is -2.12. The summed E-state index contributed by atoms with van der Waals surface area (Å²) in [5.74, 6) is 0.738. The van der Waals surface area contributed by atoms with Crippen LogP contribution in [0.3, 0.4) is 0 Å². The van der Waals surface area contributed by atoms with Crippen LogP contribution in [0.5, 0.6) is 0 Å². The molecule has 0 aliphatic carbocycles. The molecule has 2 heterocycles. The Morgan fingerprint density at radius 3 is 2.87 bits per heavy atom. The second kappa shape index (κ2) is 9.41. The Bertz CT molecular complexity index is 1180. The molecule has 0 unspecified atom stereocenters. The Kier molecular flexibility index (Phi) is 6.25. The van der Waals surface area contributed by atoms with Crippen molar-refractivity contribution in [2.45, 2.75) is 18.2 Å². The Morgan fingerprint density at radius 1 is 1.10 bits per heavy atom. The minimum Gasteiger partial charge on any atom is -0.326 e. The Hall–Kier alpha value is -3.38. The summed E-state index contributed by atoms with van der Waals surface area (Å²) in [4.78, 5) is 17.6. The summed E-state index contributed by atoms with van der Waals surface area (Å²) in [6.07, 6.45) is 6.14. The van der Waals surface area contributed by atoms with Crippen LogP contribution in [0.15, 0.2) is 71.8 Å². The number of nitrogens with one attached hydrogen (secondary N) is 2. The smallest absolute Gasteiger partial charge is 0.225 e. The van der Waals surface area contributed by atoms with Crippen molar-refractivity contribution in [2.75, 3.05) is 11.1 Å². The van der Waals surface area contributed by atoms with E-state index in [9.17, 15) is 4.79 Å². The number of aromatic amines is 1. The van der Waals surface area contributed by atoms with Gasteiger partial charge in [0.1, 0.15) is 0 Å². The largest absolute Gasteiger partial charge is 0.326 e. The van der Waals surface area contributed by atoms with E-state index in [-0.39, 0.29) is 5.91 Å². The van der Waals surface area contributed by atoms with Crippen LogP contribution in [-0.4, -0.2) is 26.8 Å². The van der Waals surface area contributed by atoms with Crippen molar-refractivity contribution in [1.29, 1.82) is 0 Å². The molecule has 0 bridgehead atoms. The number of carbonyl (C=O) groups is 1. The maximum absolute atomic E-state index is 12.2. The Balaban J connectivity index is 1.34. The number of hydrogen-bond acceptors (Lipinski definition) is 4. The monoisotopic (exact) mass is 414 g/mol. The SMILES string of the molecule is Cc1cccc(NC(=O)CCSc2ccc3c(/C=C/c4ccccn4)n[nH]c3c2)c1. The lowest BCUT2D eigenvalue weighted by Gasteiger charge is -2.06. The number of rotatable bonds is 7. The third-order valence-corrected chi connectivity index (χ3v) is 5.56. The van der Waals surface area contributed by atoms with Gasteiger partial charge in [0.25, 0.3) is 0 Å². The van der Waals surface area contributed by atoms with Crippen molar-refractivity contribution in [1.82, 2.24) is 15.2 Å². The van der Waals surface area contributed by atoms with E-state index in [2.05, 4.69) is 38.7 Å². The van der Waals surface area contributed by atoms with Gasteiger partial charge in [0.15, 0.2) is 0 Å². The second-order valence-electron chi connectivity index (χ2n) is 6.92. The first-order valence-electron chi connectivity index (χ1n) is 9.74. The number of carbonyl (C=O) groups excluding carboxylic acids is 1. The van der Waals surface area contributed by atoms with Gasteiger partial charge in [0.05, 0.1) is 16.9 Å². The molecule has 6 heteroatoms. The van der Waals surface area contributed by atoms with Crippen LogP contribution in [0, 0.1) is 6.92 Å². The molecule has 150 valence electrons. The van der Waals surface area contributed by atoms with E-state index in [1.807, 2.05) is 61.5 Å². The first-order chi connectivity index (χ1) is 14.7. The molecule has 0 saturated carbocycles. The van der Waals surface area contributed by atoms with E-state index >= 15 is 0 Å². The summed E-state index contributed by atoms with van der Waals surface area (Å²) in [7, 11) is 0. The topological polar surface area (TPSA) is 70.7 Å². The van der Waals surface area contributed by atoms with Crippen LogP contribution < -0.4 is 5.32 Å². The molecule has 0 radical (unpaired) electrons. The summed E-state index contributed by atoms with van der Waals surface area (Å²) in [6.45, 7) is 2.01. The summed E-state index contributed by atoms with van der Waals surface area (Å²) in [6, 6.07) is 19.8. The fourth-order valence-corrected chi connectivity index (χ4v) is 3.97. The van der Waals surface area contributed by atoms with E-state index < -0.39 is 0 Å². The minimum atomic E-state index is 0.0256. The van der Waals surface area contributed by atoms with Gasteiger partial charge in [-0.2, -0.15) is 5.10 Å². The number of aryl methyl sites for hydroxylation is 1. The van der Waals surface area contributed by atoms with Crippen LogP contribution in [0.25, 0.3) is 23.1 Å². The van der Waals surface area contributed by atoms with Crippen molar-refractivity contribution in [3.63, 3.8) is 0 Å². The molecule has 2 aromatic carbocycles. The van der Waals surface area contributed by atoms with Crippen molar-refractivity contribution < 1.29 is 4.79 Å². The van der Waals surface area contributed by atoms with E-state index in [0.29, 0.717) is 12.2 Å². The summed E-state index contributed by atoms with van der Waals surface area (Å²) < 4.78 is 0. The Morgan fingerprint density at radius 2 is 2.03 bits per heavy atom. The molecule has 4 rings (SSSR count). The molecule has 0 saturated heterocycles. The van der Waals surface area contributed by atoms with Gasteiger partial charge in [-0.25, -0.2) is 0 Å². The molecule has 2 N–H and O–H groups in total. The standard InChI is InChI=1S/C24H22N4OS/c1-17-5-4-7-19(15-17)26-24(29)12-14-30-20-9-10-21-22(27-28-23(21)16-20)11-8-18-6-2-3-13-25-18/h2-11,13,15-16H,12,14H2,1H3,(H,26,29)(H,27,28)/b11-8+. The summed E-state index contributed by atoms with van der Waals surface area (Å²) in [5.41, 5.74) is 4.72. The first-order valence-corrected chi connectivity index (χ1v) is 10.7. The van der Waals surface area contributed by atoms with Crippen LogP contribution in [-0.2, 0) is 4.79 Å². The highest BCUT2D eigenvalue weighted by atomic mass is 32.2. The van der Waals surface area contributed by atoms with Gasteiger partial charge >= 0.3 is 0 Å². The van der Waals surface area contributed by atoms with Crippen LogP contribution in [0.4, 0.5) is 5.69 Å². The van der Waals surface area contributed by atoms with Crippen LogP contribution in [0.1, 0.15) is 23.4 Å². The second-order valence-corrected chi connectivity index (χ2v) is 8.09. The van der Waals surface area contributed by atoms with Crippen LogP contribution >= 0.6 is 11.8 Å². The molecule has 2 aromatic heterocycles. The van der Waals surface area contributed by atoms with Gasteiger partial charge < -0.3 is 5.32 Å². The molecule has 0 atom stereocenters. The predicted octanol–water partition coefficient (Wildman–Crippen LogP) is 5.56. The maximum Gasteiger partial charge on any atom is 0.225 e. The zero-order valence-electron chi connectivity index (χ0n) is 16.6. The highest BCUT2D eigenvalue weighted by molar-refractivity contribution is 7.99. The number of pyridine rings is 1. The van der Waals surface area contributed by atoms with Gasteiger partial charge in [-0.05, 0) is 67.1 Å². The summed E-state index contributed by atoms with van der Waals surface area (Å²) in [5, 5.41) is 11.5. The van der Waals surface area contributed by atoms with Gasteiger partial charge in [-0.1, -0.05) is 18.2 Å². The molecule has 1 amide bonds. The molecule has 4 aromatic rings. The molecule has 0 aliphatic rings. The zero-order valence-corrected chi connectivity index (χ0v) is 17.4. The average Bonchev–Trinajstić information content (AvgIpc) is 3.15. The van der Waals surface area contributed by atoms with Gasteiger partial charge in [-0.3, -0.25) is 14.9 Å². The van der Waals surface area contributed by atoms with E-state index in [0.717, 1.165) is 38.4 Å². The van der Waals surface area contributed by atoms with Crippen LogP contribution in [0.2, 0.25) is 0 Å². The fourth-order valence-electron chi connectivity index (χ4n) is 3.08. The average molecular weight is 415 g/mol. The molecular weight excluding hydrogens is 392 g/mol. The fraction of sp³-hybridized carbons (Fsp3) is 0.125. The Labute approximate surface area is 179 Å². The lowest BCUT2D eigenvalue weighted by molar-refractivity contribution is -0.115. The van der Waals surface area contributed by atoms with E-state index in [4.69, 9.17) is 0 Å². The molecule has 30 heavy (non-hydrogen) atoms. The summed E-state index contributed by atoms with van der Waals surface area (Å²) >= 11 is 1.66. The quantitative estimate of drug-likeness (QED) is 0.389. The highest BCUT2D eigenvalue weighted by Crippen LogP contribution is 2.25. The number of amides is 1. The van der Waals surface area contributed by atoms with Crippen molar-refractivity contribution in [3.8, 4) is 0 Å². The first kappa shape index (κ1) is 19.9.